The molecule has 4 N–H and O–H groups in total. The number of hydrogen-bond donors (Lipinski definition) is 4. The Hall–Kier alpha value is -4.05. The van der Waals surface area contributed by atoms with Gasteiger partial charge in [0.1, 0.15) is 6.04 Å². The summed E-state index contributed by atoms with van der Waals surface area (Å²) >= 11 is 0. The lowest BCUT2D eigenvalue weighted by atomic mass is 10.0. The van der Waals surface area contributed by atoms with E-state index in [1.54, 1.807) is 17.6 Å². The van der Waals surface area contributed by atoms with Crippen molar-refractivity contribution < 1.29 is 29.2 Å². The molecule has 1 saturated heterocycles. The number of rotatable bonds is 12. The maximum atomic E-state index is 12.8. The lowest BCUT2D eigenvalue weighted by molar-refractivity contribution is -0.137. The van der Waals surface area contributed by atoms with Crippen molar-refractivity contribution in [3.8, 4) is 0 Å². The lowest BCUT2D eigenvalue weighted by Gasteiger charge is -2.29. The van der Waals surface area contributed by atoms with Crippen molar-refractivity contribution in [3.05, 3.63) is 70.3 Å². The number of hydroxylamine groups is 1. The van der Waals surface area contributed by atoms with Crippen LogP contribution in [0.1, 0.15) is 88.8 Å². The SMILES string of the molecule is O=C(CCCCCCCc1ccc(C(=O)NCc2ccc3c(c2)CN(C2CCC(=O)NC2=O)C3=O)cc1)NO. The van der Waals surface area contributed by atoms with Crippen molar-refractivity contribution in [1.82, 2.24) is 21.0 Å². The number of carbonyl (C=O) groups is 5. The molecule has 206 valence electrons. The van der Waals surface area contributed by atoms with Crippen LogP contribution >= 0.6 is 0 Å². The first-order chi connectivity index (χ1) is 18.9. The summed E-state index contributed by atoms with van der Waals surface area (Å²) in [4.78, 5) is 61.7. The number of fused-ring (bicyclic) bond motifs is 1. The summed E-state index contributed by atoms with van der Waals surface area (Å²) in [6, 6.07) is 12.3. The number of unbranched alkanes of at least 4 members (excludes halogenated alkanes) is 4. The van der Waals surface area contributed by atoms with Gasteiger partial charge in [-0.3, -0.25) is 34.5 Å². The van der Waals surface area contributed by atoms with Gasteiger partial charge >= 0.3 is 0 Å². The second-order valence-electron chi connectivity index (χ2n) is 10.1. The largest absolute Gasteiger partial charge is 0.348 e. The van der Waals surface area contributed by atoms with Crippen molar-refractivity contribution in [1.29, 1.82) is 0 Å². The van der Waals surface area contributed by atoms with E-state index in [0.717, 1.165) is 55.2 Å². The van der Waals surface area contributed by atoms with Gasteiger partial charge in [-0.1, -0.05) is 43.5 Å². The minimum atomic E-state index is -0.652. The van der Waals surface area contributed by atoms with Crippen LogP contribution in [0.25, 0.3) is 0 Å². The molecule has 10 heteroatoms. The summed E-state index contributed by atoms with van der Waals surface area (Å²) < 4.78 is 0. The zero-order chi connectivity index (χ0) is 27.8. The van der Waals surface area contributed by atoms with E-state index in [1.807, 2.05) is 30.3 Å². The number of hydrogen-bond acceptors (Lipinski definition) is 6. The Morgan fingerprint density at radius 3 is 2.41 bits per heavy atom. The van der Waals surface area contributed by atoms with E-state index >= 15 is 0 Å². The van der Waals surface area contributed by atoms with Crippen LogP contribution in [0.15, 0.2) is 42.5 Å². The normalized spacial score (nSPS) is 16.6. The molecule has 0 aliphatic carbocycles. The first kappa shape index (κ1) is 28.0. The van der Waals surface area contributed by atoms with Gasteiger partial charge in [0.15, 0.2) is 0 Å². The smallest absolute Gasteiger partial charge is 0.255 e. The zero-order valence-corrected chi connectivity index (χ0v) is 21.8. The molecule has 5 amide bonds. The molecule has 0 bridgehead atoms. The minimum Gasteiger partial charge on any atom is -0.348 e. The second-order valence-corrected chi connectivity index (χ2v) is 10.1. The Morgan fingerprint density at radius 2 is 1.67 bits per heavy atom. The molecule has 0 aromatic heterocycles. The van der Waals surface area contributed by atoms with Gasteiger partial charge < -0.3 is 10.2 Å². The van der Waals surface area contributed by atoms with Gasteiger partial charge in [-0.05, 0) is 60.6 Å². The topological polar surface area (TPSA) is 145 Å². The van der Waals surface area contributed by atoms with Gasteiger partial charge in [0.2, 0.25) is 17.7 Å². The Bertz CT molecular complexity index is 1240. The van der Waals surface area contributed by atoms with E-state index in [0.29, 0.717) is 37.1 Å². The van der Waals surface area contributed by atoms with Gasteiger partial charge in [-0.25, -0.2) is 5.48 Å². The van der Waals surface area contributed by atoms with Crippen LogP contribution in [0.4, 0.5) is 0 Å². The number of carbonyl (C=O) groups excluding carboxylic acids is 5. The highest BCUT2D eigenvalue weighted by atomic mass is 16.5. The highest BCUT2D eigenvalue weighted by Gasteiger charge is 2.39. The van der Waals surface area contributed by atoms with E-state index in [4.69, 9.17) is 5.21 Å². The molecule has 2 aliphatic rings. The fraction of sp³-hybridized carbons (Fsp3) is 0.414. The average Bonchev–Trinajstić information content (AvgIpc) is 3.26. The minimum absolute atomic E-state index is 0.185. The third kappa shape index (κ3) is 7.29. The molecule has 39 heavy (non-hydrogen) atoms. The Kier molecular flexibility index (Phi) is 9.43. The van der Waals surface area contributed by atoms with Crippen LogP contribution in [-0.2, 0) is 33.9 Å². The standard InChI is InChI=1S/C29H34N4O6/c34-25-15-14-24(28(37)31-25)33-18-22-16-20(10-13-23(22)29(33)38)17-30-27(36)21-11-8-19(9-12-21)6-4-2-1-3-5-7-26(35)32-39/h8-13,16,24,39H,1-7,14-15,17-18H2,(H,30,36)(H,32,35)(H,31,34,37). The molecule has 10 nitrogen and oxygen atoms in total. The highest BCUT2D eigenvalue weighted by Crippen LogP contribution is 2.28. The average molecular weight is 535 g/mol. The maximum Gasteiger partial charge on any atom is 0.255 e. The molecule has 0 radical (unpaired) electrons. The van der Waals surface area contributed by atoms with Gasteiger partial charge in [-0.15, -0.1) is 0 Å². The molecule has 0 saturated carbocycles. The number of nitrogens with zero attached hydrogens (tertiary/aromatic N) is 1. The van der Waals surface area contributed by atoms with Crippen molar-refractivity contribution in [3.63, 3.8) is 0 Å². The zero-order valence-electron chi connectivity index (χ0n) is 21.8. The molecule has 1 atom stereocenters. The number of piperidine rings is 1. The fourth-order valence-corrected chi connectivity index (χ4v) is 5.05. The van der Waals surface area contributed by atoms with E-state index in [-0.39, 0.29) is 30.0 Å². The van der Waals surface area contributed by atoms with Crippen molar-refractivity contribution in [2.75, 3.05) is 0 Å². The molecule has 0 spiro atoms. The van der Waals surface area contributed by atoms with E-state index in [9.17, 15) is 24.0 Å². The van der Waals surface area contributed by atoms with Crippen LogP contribution in [0.2, 0.25) is 0 Å². The molecule has 2 aromatic rings. The van der Waals surface area contributed by atoms with Crippen LogP contribution in [0, 0.1) is 0 Å². The van der Waals surface area contributed by atoms with Crippen molar-refractivity contribution in [2.45, 2.75) is 76.9 Å². The predicted molar refractivity (Wildman–Crippen MR) is 141 cm³/mol. The van der Waals surface area contributed by atoms with Gasteiger partial charge in [0, 0.05) is 37.1 Å². The molecule has 2 aliphatic heterocycles. The van der Waals surface area contributed by atoms with E-state index in [2.05, 4.69) is 10.6 Å². The van der Waals surface area contributed by atoms with Crippen molar-refractivity contribution in [2.24, 2.45) is 0 Å². The number of nitrogens with one attached hydrogen (secondary N) is 3. The van der Waals surface area contributed by atoms with Gasteiger partial charge in [0.05, 0.1) is 0 Å². The third-order valence-electron chi connectivity index (χ3n) is 7.25. The van der Waals surface area contributed by atoms with E-state index in [1.165, 1.54) is 4.90 Å². The lowest BCUT2D eigenvalue weighted by Crippen LogP contribution is -2.52. The summed E-state index contributed by atoms with van der Waals surface area (Å²) in [5.41, 5.74) is 5.57. The summed E-state index contributed by atoms with van der Waals surface area (Å²) in [5, 5.41) is 13.7. The molecule has 2 aromatic carbocycles. The molecule has 4 rings (SSSR count). The monoisotopic (exact) mass is 534 g/mol. The third-order valence-corrected chi connectivity index (χ3v) is 7.25. The molecular formula is C29H34N4O6. The number of imide groups is 1. The summed E-state index contributed by atoms with van der Waals surface area (Å²) in [6.45, 7) is 0.602. The number of aryl methyl sites for hydroxylation is 1. The van der Waals surface area contributed by atoms with Crippen LogP contribution < -0.4 is 16.1 Å². The molecule has 1 fully saturated rings. The van der Waals surface area contributed by atoms with Gasteiger partial charge in [0.25, 0.3) is 11.8 Å². The van der Waals surface area contributed by atoms with Crippen LogP contribution in [0.5, 0.6) is 0 Å². The van der Waals surface area contributed by atoms with Gasteiger partial charge in [-0.2, -0.15) is 0 Å². The molecule has 2 heterocycles. The molecule has 1 unspecified atom stereocenters. The van der Waals surface area contributed by atoms with E-state index < -0.39 is 11.9 Å². The Labute approximate surface area is 227 Å². The van der Waals surface area contributed by atoms with Crippen LogP contribution in [0.3, 0.4) is 0 Å². The Balaban J connectivity index is 1.21. The fourth-order valence-electron chi connectivity index (χ4n) is 5.05. The summed E-state index contributed by atoms with van der Waals surface area (Å²) in [5.74, 6) is -1.50. The summed E-state index contributed by atoms with van der Waals surface area (Å²) in [6.07, 6.45) is 6.62. The first-order valence-electron chi connectivity index (χ1n) is 13.4. The number of amides is 5. The first-order valence-corrected chi connectivity index (χ1v) is 13.4. The Morgan fingerprint density at radius 1 is 0.949 bits per heavy atom. The van der Waals surface area contributed by atoms with Crippen molar-refractivity contribution >= 4 is 29.5 Å². The molecular weight excluding hydrogens is 500 g/mol. The maximum absolute atomic E-state index is 12.8. The number of benzene rings is 2. The quantitative estimate of drug-likeness (QED) is 0.143. The van der Waals surface area contributed by atoms with Crippen LogP contribution in [-0.4, -0.2) is 45.7 Å². The summed E-state index contributed by atoms with van der Waals surface area (Å²) in [7, 11) is 0. The highest BCUT2D eigenvalue weighted by molar-refractivity contribution is 6.05. The second kappa shape index (κ2) is 13.1. The predicted octanol–water partition coefficient (Wildman–Crippen LogP) is 2.77.